The van der Waals surface area contributed by atoms with Gasteiger partial charge in [0.15, 0.2) is 0 Å². The summed E-state index contributed by atoms with van der Waals surface area (Å²) in [5.74, 6) is 0.718. The summed E-state index contributed by atoms with van der Waals surface area (Å²) in [6, 6.07) is 0. The van der Waals surface area contributed by atoms with Crippen molar-refractivity contribution in [3.63, 3.8) is 0 Å². The Morgan fingerprint density at radius 2 is 1.46 bits per heavy atom. The first kappa shape index (κ1) is 28.9. The van der Waals surface area contributed by atoms with E-state index >= 15 is 0 Å². The van der Waals surface area contributed by atoms with Gasteiger partial charge in [-0.1, -0.05) is 54.9 Å². The fraction of sp³-hybridized carbons (Fsp3) is 0.440. The van der Waals surface area contributed by atoms with E-state index in [0.29, 0.717) is 0 Å². The van der Waals surface area contributed by atoms with Crippen LogP contribution in [-0.4, -0.2) is 0 Å². The molecule has 2 aliphatic carbocycles. The molecule has 1 aromatic carbocycles. The van der Waals surface area contributed by atoms with Crippen LogP contribution in [0.3, 0.4) is 0 Å². The minimum absolute atomic E-state index is 0. The maximum atomic E-state index is 9.33. The van der Waals surface area contributed by atoms with Crippen molar-refractivity contribution < 1.29 is 36.4 Å². The van der Waals surface area contributed by atoms with Gasteiger partial charge < -0.3 is 10.2 Å². The monoisotopic (exact) mass is 458 g/mol. The van der Waals surface area contributed by atoms with E-state index in [0.717, 1.165) is 5.92 Å². The fourth-order valence-electron chi connectivity index (χ4n) is 3.07. The summed E-state index contributed by atoms with van der Waals surface area (Å²) in [7, 11) is 0. The average molecular weight is 460 g/mol. The quantitative estimate of drug-likeness (QED) is 0.396. The first-order chi connectivity index (χ1) is 12.5. The van der Waals surface area contributed by atoms with Gasteiger partial charge in [-0.3, -0.25) is 0 Å². The molecule has 0 spiro atoms. The molecule has 1 fully saturated rings. The molecule has 0 radical (unpaired) electrons. The van der Waals surface area contributed by atoms with Gasteiger partial charge in [0, 0.05) is 0 Å². The molecule has 2 nitrogen and oxygen atoms in total. The molecule has 28 heavy (non-hydrogen) atoms. The Labute approximate surface area is 192 Å². The van der Waals surface area contributed by atoms with Gasteiger partial charge in [0.05, 0.1) is 0 Å². The average Bonchev–Trinajstić information content (AvgIpc) is 3.11. The Balaban J connectivity index is 0. The van der Waals surface area contributed by atoms with E-state index in [1.807, 2.05) is 0 Å². The van der Waals surface area contributed by atoms with Crippen LogP contribution in [0, 0.1) is 47.0 Å². The Bertz CT molecular complexity index is 590. The molecule has 3 heteroatoms. The number of fused-ring (bicyclic) bond motifs is 1. The first-order valence-electron chi connectivity index (χ1n) is 9.53. The molecule has 1 saturated carbocycles. The van der Waals surface area contributed by atoms with Crippen LogP contribution in [-0.2, 0) is 26.2 Å². The maximum Gasteiger partial charge on any atom is 4.00 e. The van der Waals surface area contributed by atoms with Crippen LogP contribution in [0.2, 0.25) is 0 Å². The summed E-state index contributed by atoms with van der Waals surface area (Å²) in [6.07, 6.45) is 13.0. The van der Waals surface area contributed by atoms with E-state index in [9.17, 15) is 10.2 Å². The minimum atomic E-state index is -0.0833. The van der Waals surface area contributed by atoms with Crippen molar-refractivity contribution in [2.45, 2.75) is 67.7 Å². The van der Waals surface area contributed by atoms with Crippen LogP contribution >= 0.6 is 0 Å². The molecular weight excluding hydrogens is 423 g/mol. The second-order valence-electron chi connectivity index (χ2n) is 7.34. The molecule has 0 aliphatic heterocycles. The third-order valence-corrected chi connectivity index (χ3v) is 5.02. The van der Waals surface area contributed by atoms with Crippen LogP contribution < -0.4 is 10.2 Å². The molecule has 3 rings (SSSR count). The van der Waals surface area contributed by atoms with E-state index in [-0.39, 0.29) is 37.7 Å². The van der Waals surface area contributed by atoms with E-state index in [1.54, 1.807) is 5.57 Å². The van der Waals surface area contributed by atoms with Gasteiger partial charge >= 0.3 is 26.2 Å². The fourth-order valence-corrected chi connectivity index (χ4v) is 3.07. The Morgan fingerprint density at radius 3 is 1.79 bits per heavy atom. The van der Waals surface area contributed by atoms with Crippen LogP contribution in [0.1, 0.15) is 60.9 Å². The zero-order chi connectivity index (χ0) is 21.1. The molecule has 1 unspecified atom stereocenters. The number of allylic oxidation sites excluding steroid dienone is 6. The van der Waals surface area contributed by atoms with E-state index < -0.39 is 0 Å². The van der Waals surface area contributed by atoms with Crippen molar-refractivity contribution in [1.29, 1.82) is 0 Å². The normalized spacial score (nSPS) is 15.5. The summed E-state index contributed by atoms with van der Waals surface area (Å²) >= 11 is 0. The topological polar surface area (TPSA) is 46.1 Å². The van der Waals surface area contributed by atoms with Crippen LogP contribution in [0.4, 0.5) is 0 Å². The standard InChI is InChI=1S/C10H15.C9H11.2C3H6O.Zr/c1-6-7(2)9(4)10(5)8(6)3;1-2-5-9-7-3-6-8(9)4-1;2*1-3(2)4;/h1-5H3;1-2,4,6,9H,3,5,7H2;2*4H,1H2,2H3;/q2*-1;;;+4/p-2. The van der Waals surface area contributed by atoms with E-state index in [4.69, 9.17) is 0 Å². The minimum Gasteiger partial charge on any atom is -0.876 e. The smallest absolute Gasteiger partial charge is 0.876 e. The molecule has 0 aromatic heterocycles. The van der Waals surface area contributed by atoms with Crippen LogP contribution in [0.15, 0.2) is 48.5 Å². The van der Waals surface area contributed by atoms with Crippen molar-refractivity contribution >= 4 is 0 Å². The van der Waals surface area contributed by atoms with Crippen molar-refractivity contribution in [3.8, 4) is 0 Å². The largest absolute Gasteiger partial charge is 4.00 e. The molecular formula is C25H36O2Zr. The zero-order valence-electron chi connectivity index (χ0n) is 18.7. The molecule has 0 bridgehead atoms. The Morgan fingerprint density at radius 1 is 1.04 bits per heavy atom. The Kier molecular flexibility index (Phi) is 15.1. The molecule has 1 aromatic rings. The second-order valence-corrected chi connectivity index (χ2v) is 7.34. The van der Waals surface area contributed by atoms with Gasteiger partial charge in [-0.2, -0.15) is 27.8 Å². The summed E-state index contributed by atoms with van der Waals surface area (Å²) in [5.41, 5.74) is 8.92. The van der Waals surface area contributed by atoms with Gasteiger partial charge in [0.1, 0.15) is 0 Å². The summed E-state index contributed by atoms with van der Waals surface area (Å²) in [4.78, 5) is 0. The SMILES string of the molecule is C1=CCC2CC[CH-]C2=C1.C=C(C)[O-].C=C(C)[O-].Cc1c(C)c(C)[c-](C)c1C.[Zr+4]. The van der Waals surface area contributed by atoms with E-state index in [2.05, 4.69) is 72.4 Å². The van der Waals surface area contributed by atoms with Crippen LogP contribution in [0.25, 0.3) is 0 Å². The van der Waals surface area contributed by atoms with Gasteiger partial charge in [-0.05, 0) is 12.3 Å². The third kappa shape index (κ3) is 10.9. The summed E-state index contributed by atoms with van der Waals surface area (Å²) in [5, 5.41) is 18.7. The third-order valence-electron chi connectivity index (χ3n) is 5.02. The maximum absolute atomic E-state index is 9.33. The zero-order valence-corrected chi connectivity index (χ0v) is 21.2. The first-order valence-corrected chi connectivity index (χ1v) is 9.53. The van der Waals surface area contributed by atoms with Gasteiger partial charge in [-0.15, -0.1) is 43.2 Å². The Hall–Kier alpha value is -1.34. The number of hydrogen-bond acceptors (Lipinski definition) is 2. The summed E-state index contributed by atoms with van der Waals surface area (Å²) in [6.45, 7) is 19.8. The molecule has 2 aliphatic rings. The van der Waals surface area contributed by atoms with Gasteiger partial charge in [-0.25, -0.2) is 18.1 Å². The molecule has 0 N–H and O–H groups in total. The predicted molar refractivity (Wildman–Crippen MR) is 114 cm³/mol. The number of rotatable bonds is 0. The number of hydrogen-bond donors (Lipinski definition) is 0. The van der Waals surface area contributed by atoms with Crippen molar-refractivity contribution in [3.05, 3.63) is 82.7 Å². The molecule has 0 heterocycles. The molecule has 0 saturated heterocycles. The molecule has 152 valence electrons. The van der Waals surface area contributed by atoms with Crippen molar-refractivity contribution in [2.24, 2.45) is 5.92 Å². The summed E-state index contributed by atoms with van der Waals surface area (Å²) < 4.78 is 0. The van der Waals surface area contributed by atoms with Crippen molar-refractivity contribution in [2.75, 3.05) is 0 Å². The van der Waals surface area contributed by atoms with Gasteiger partial charge in [0.25, 0.3) is 0 Å². The van der Waals surface area contributed by atoms with E-state index in [1.165, 1.54) is 60.9 Å². The second kappa shape index (κ2) is 14.6. The predicted octanol–water partition coefficient (Wildman–Crippen LogP) is 5.19. The van der Waals surface area contributed by atoms with Crippen LogP contribution in [0.5, 0.6) is 0 Å². The van der Waals surface area contributed by atoms with Crippen molar-refractivity contribution in [1.82, 2.24) is 0 Å². The molecule has 0 amide bonds. The van der Waals surface area contributed by atoms with Gasteiger partial charge in [0.2, 0.25) is 0 Å². The molecule has 1 atom stereocenters.